The monoisotopic (exact) mass is 340 g/mol. The van der Waals surface area contributed by atoms with Gasteiger partial charge in [0.2, 0.25) is 0 Å². The molecule has 0 spiro atoms. The molecule has 0 atom stereocenters. The molecule has 2 heterocycles. The average molecular weight is 340 g/mol. The smallest absolute Gasteiger partial charge is 0.263 e. The Kier molecular flexibility index (Phi) is 4.18. The lowest BCUT2D eigenvalue weighted by atomic mass is 10.1. The Hall–Kier alpha value is -2.93. The molecule has 1 aliphatic rings. The third-order valence-corrected chi connectivity index (χ3v) is 3.86. The number of carbonyl (C=O) groups is 2. The van der Waals surface area contributed by atoms with Gasteiger partial charge in [0.1, 0.15) is 5.57 Å². The first-order valence-corrected chi connectivity index (χ1v) is 7.70. The van der Waals surface area contributed by atoms with Crippen molar-refractivity contribution in [3.05, 3.63) is 53.9 Å². The molecule has 3 rings (SSSR count). The number of amides is 2. The first-order valence-electron chi connectivity index (χ1n) is 7.29. The van der Waals surface area contributed by atoms with Crippen LogP contribution in [0.15, 0.2) is 48.2 Å². The SMILES string of the molecule is CN(C)c1ccc(-n2cccc2C=C2C(=O)NC(=S)NC2=O)cc1. The average Bonchev–Trinajstić information content (AvgIpc) is 2.99. The van der Waals surface area contributed by atoms with E-state index >= 15 is 0 Å². The summed E-state index contributed by atoms with van der Waals surface area (Å²) in [6.07, 6.45) is 3.42. The van der Waals surface area contributed by atoms with Gasteiger partial charge in [-0.25, -0.2) is 0 Å². The van der Waals surface area contributed by atoms with Gasteiger partial charge in [-0.3, -0.25) is 20.2 Å². The molecule has 24 heavy (non-hydrogen) atoms. The molecule has 1 saturated heterocycles. The highest BCUT2D eigenvalue weighted by atomic mass is 32.1. The molecule has 1 fully saturated rings. The van der Waals surface area contributed by atoms with Crippen LogP contribution >= 0.6 is 12.2 Å². The summed E-state index contributed by atoms with van der Waals surface area (Å²) in [5, 5.41) is 4.88. The van der Waals surface area contributed by atoms with Gasteiger partial charge in [-0.1, -0.05) is 0 Å². The summed E-state index contributed by atoms with van der Waals surface area (Å²) in [5.74, 6) is -1.00. The molecule has 7 heteroatoms. The summed E-state index contributed by atoms with van der Waals surface area (Å²) in [6.45, 7) is 0. The quantitative estimate of drug-likeness (QED) is 0.504. The van der Waals surface area contributed by atoms with Crippen LogP contribution in [0.5, 0.6) is 0 Å². The van der Waals surface area contributed by atoms with Crippen LogP contribution in [0.25, 0.3) is 11.8 Å². The van der Waals surface area contributed by atoms with Crippen molar-refractivity contribution in [3.63, 3.8) is 0 Å². The summed E-state index contributed by atoms with van der Waals surface area (Å²) < 4.78 is 1.90. The second-order valence-electron chi connectivity index (χ2n) is 5.51. The van der Waals surface area contributed by atoms with Crippen molar-refractivity contribution in [1.82, 2.24) is 15.2 Å². The molecule has 2 N–H and O–H groups in total. The van der Waals surface area contributed by atoms with Crippen LogP contribution in [0.1, 0.15) is 5.69 Å². The molecule has 0 unspecified atom stereocenters. The first-order chi connectivity index (χ1) is 11.5. The number of rotatable bonds is 3. The first kappa shape index (κ1) is 15.9. The van der Waals surface area contributed by atoms with Gasteiger partial charge >= 0.3 is 0 Å². The highest BCUT2D eigenvalue weighted by Gasteiger charge is 2.26. The van der Waals surface area contributed by atoms with Crippen molar-refractivity contribution in [2.45, 2.75) is 0 Å². The Bertz CT molecular complexity index is 828. The van der Waals surface area contributed by atoms with E-state index in [0.29, 0.717) is 0 Å². The predicted octanol–water partition coefficient (Wildman–Crippen LogP) is 1.46. The standard InChI is InChI=1S/C17H16N4O2S/c1-20(2)11-5-7-12(8-6-11)21-9-3-4-13(21)10-14-15(22)18-17(24)19-16(14)23/h3-10H,1-2H3,(H2,18,19,22,23,24). The van der Waals surface area contributed by atoms with Gasteiger partial charge in [-0.05, 0) is 54.7 Å². The van der Waals surface area contributed by atoms with E-state index in [0.717, 1.165) is 17.1 Å². The maximum atomic E-state index is 12.0. The normalized spacial score (nSPS) is 14.2. The lowest BCUT2D eigenvalue weighted by Gasteiger charge is -2.17. The number of anilines is 1. The van der Waals surface area contributed by atoms with Crippen molar-refractivity contribution in [2.75, 3.05) is 19.0 Å². The summed E-state index contributed by atoms with van der Waals surface area (Å²) in [4.78, 5) is 25.9. The number of benzene rings is 1. The number of hydrogen-bond acceptors (Lipinski definition) is 4. The van der Waals surface area contributed by atoms with Gasteiger partial charge in [0.05, 0.1) is 0 Å². The van der Waals surface area contributed by atoms with Gasteiger partial charge in [0, 0.05) is 37.4 Å². The molecule has 0 radical (unpaired) electrons. The van der Waals surface area contributed by atoms with Crippen LogP contribution in [0.2, 0.25) is 0 Å². The Labute approximate surface area is 144 Å². The van der Waals surface area contributed by atoms with Crippen LogP contribution in [0.3, 0.4) is 0 Å². The fourth-order valence-electron chi connectivity index (χ4n) is 2.41. The highest BCUT2D eigenvalue weighted by molar-refractivity contribution is 7.80. The number of thiocarbonyl (C=S) groups is 1. The molecule has 6 nitrogen and oxygen atoms in total. The predicted molar refractivity (Wildman–Crippen MR) is 97.0 cm³/mol. The Morgan fingerprint density at radius 3 is 2.25 bits per heavy atom. The minimum absolute atomic E-state index is 0.0217. The zero-order valence-electron chi connectivity index (χ0n) is 13.2. The minimum atomic E-state index is -0.501. The third kappa shape index (κ3) is 3.07. The fraction of sp³-hybridized carbons (Fsp3) is 0.118. The second-order valence-corrected chi connectivity index (χ2v) is 5.92. The summed E-state index contributed by atoms with van der Waals surface area (Å²) in [7, 11) is 3.95. The lowest BCUT2D eigenvalue weighted by Crippen LogP contribution is -2.51. The summed E-state index contributed by atoms with van der Waals surface area (Å²) >= 11 is 4.80. The van der Waals surface area contributed by atoms with Gasteiger partial charge in [0.25, 0.3) is 11.8 Å². The molecule has 0 saturated carbocycles. The molecule has 2 amide bonds. The van der Waals surface area contributed by atoms with Crippen LogP contribution in [0, 0.1) is 0 Å². The number of carbonyl (C=O) groups excluding carboxylic acids is 2. The second kappa shape index (κ2) is 6.29. The van der Waals surface area contributed by atoms with E-state index < -0.39 is 11.8 Å². The van der Waals surface area contributed by atoms with E-state index in [4.69, 9.17) is 12.2 Å². The fourth-order valence-corrected chi connectivity index (χ4v) is 2.60. The highest BCUT2D eigenvalue weighted by Crippen LogP contribution is 2.19. The van der Waals surface area contributed by atoms with Crippen molar-refractivity contribution < 1.29 is 9.59 Å². The number of aromatic nitrogens is 1. The minimum Gasteiger partial charge on any atom is -0.378 e. The zero-order chi connectivity index (χ0) is 17.3. The van der Waals surface area contributed by atoms with E-state index in [1.54, 1.807) is 6.08 Å². The molecule has 122 valence electrons. The molecule has 0 bridgehead atoms. The van der Waals surface area contributed by atoms with Crippen LogP contribution in [0.4, 0.5) is 5.69 Å². The summed E-state index contributed by atoms with van der Waals surface area (Å²) in [6, 6.07) is 11.7. The van der Waals surface area contributed by atoms with Crippen LogP contribution in [-0.4, -0.2) is 35.6 Å². The van der Waals surface area contributed by atoms with Crippen molar-refractivity contribution in [3.8, 4) is 5.69 Å². The van der Waals surface area contributed by atoms with Crippen LogP contribution < -0.4 is 15.5 Å². The maximum Gasteiger partial charge on any atom is 0.263 e. The van der Waals surface area contributed by atoms with Gasteiger partial charge in [-0.15, -0.1) is 0 Å². The van der Waals surface area contributed by atoms with Gasteiger partial charge in [0.15, 0.2) is 5.11 Å². The third-order valence-electron chi connectivity index (χ3n) is 3.66. The summed E-state index contributed by atoms with van der Waals surface area (Å²) in [5.41, 5.74) is 2.77. The number of hydrogen-bond donors (Lipinski definition) is 2. The van der Waals surface area contributed by atoms with Crippen molar-refractivity contribution in [1.29, 1.82) is 0 Å². The number of nitrogens with one attached hydrogen (secondary N) is 2. The zero-order valence-corrected chi connectivity index (χ0v) is 14.1. The van der Waals surface area contributed by atoms with Gasteiger partial charge in [-0.2, -0.15) is 0 Å². The van der Waals surface area contributed by atoms with Crippen LogP contribution in [-0.2, 0) is 9.59 Å². The molecule has 1 aromatic heterocycles. The molecule has 1 aromatic carbocycles. The topological polar surface area (TPSA) is 66.4 Å². The lowest BCUT2D eigenvalue weighted by molar-refractivity contribution is -0.123. The molecule has 0 aliphatic carbocycles. The van der Waals surface area contributed by atoms with E-state index in [2.05, 4.69) is 10.6 Å². The maximum absolute atomic E-state index is 12.0. The van der Waals surface area contributed by atoms with E-state index in [1.165, 1.54) is 0 Å². The largest absolute Gasteiger partial charge is 0.378 e. The Morgan fingerprint density at radius 1 is 1.04 bits per heavy atom. The Morgan fingerprint density at radius 2 is 1.67 bits per heavy atom. The molecule has 2 aromatic rings. The van der Waals surface area contributed by atoms with Gasteiger partial charge < -0.3 is 9.47 Å². The molecule has 1 aliphatic heterocycles. The Balaban J connectivity index is 1.96. The van der Waals surface area contributed by atoms with E-state index in [1.807, 2.05) is 66.2 Å². The molecular formula is C17H16N4O2S. The number of nitrogens with zero attached hydrogens (tertiary/aromatic N) is 2. The van der Waals surface area contributed by atoms with E-state index in [9.17, 15) is 9.59 Å². The van der Waals surface area contributed by atoms with Crippen molar-refractivity contribution in [2.24, 2.45) is 0 Å². The van der Waals surface area contributed by atoms with E-state index in [-0.39, 0.29) is 10.7 Å². The molecular weight excluding hydrogens is 324 g/mol. The van der Waals surface area contributed by atoms with Crippen molar-refractivity contribution >= 4 is 40.9 Å².